The van der Waals surface area contributed by atoms with E-state index in [9.17, 15) is 9.90 Å². The highest BCUT2D eigenvalue weighted by Gasteiger charge is 2.05. The van der Waals surface area contributed by atoms with Crippen molar-refractivity contribution in [3.63, 3.8) is 0 Å². The van der Waals surface area contributed by atoms with Crippen molar-refractivity contribution >= 4 is 27.5 Å². The molecule has 20 heavy (non-hydrogen) atoms. The molecular formula is C15H15BrN2O2. The van der Waals surface area contributed by atoms with E-state index in [2.05, 4.69) is 26.6 Å². The number of phenols is 1. The third kappa shape index (κ3) is 4.08. The summed E-state index contributed by atoms with van der Waals surface area (Å²) in [5, 5.41) is 15.4. The summed E-state index contributed by atoms with van der Waals surface area (Å²) in [6.07, 6.45) is 0. The van der Waals surface area contributed by atoms with E-state index in [0.717, 1.165) is 15.7 Å². The predicted molar refractivity (Wildman–Crippen MR) is 82.6 cm³/mol. The fourth-order valence-corrected chi connectivity index (χ4v) is 2.11. The average molecular weight is 335 g/mol. The minimum atomic E-state index is -0.132. The third-order valence-electron chi connectivity index (χ3n) is 2.74. The molecule has 0 unspecified atom stereocenters. The quantitative estimate of drug-likeness (QED) is 0.787. The Labute approximate surface area is 126 Å². The number of halogens is 1. The van der Waals surface area contributed by atoms with Crippen LogP contribution in [0.2, 0.25) is 0 Å². The van der Waals surface area contributed by atoms with Gasteiger partial charge in [-0.05, 0) is 34.1 Å². The first-order valence-electron chi connectivity index (χ1n) is 6.19. The van der Waals surface area contributed by atoms with E-state index >= 15 is 0 Å². The van der Waals surface area contributed by atoms with Crippen LogP contribution in [0, 0.1) is 0 Å². The van der Waals surface area contributed by atoms with Crippen LogP contribution in [-0.2, 0) is 11.3 Å². The maximum absolute atomic E-state index is 11.8. The van der Waals surface area contributed by atoms with Crippen LogP contribution in [0.25, 0.3) is 0 Å². The van der Waals surface area contributed by atoms with Gasteiger partial charge < -0.3 is 15.7 Å². The second kappa shape index (κ2) is 7.07. The van der Waals surface area contributed by atoms with Gasteiger partial charge in [-0.2, -0.15) is 0 Å². The summed E-state index contributed by atoms with van der Waals surface area (Å²) in [7, 11) is 0. The molecule has 3 N–H and O–H groups in total. The van der Waals surface area contributed by atoms with Crippen molar-refractivity contribution in [3.8, 4) is 5.75 Å². The van der Waals surface area contributed by atoms with Crippen LogP contribution in [0.4, 0.5) is 5.69 Å². The maximum atomic E-state index is 11.8. The number of nitrogens with one attached hydrogen (secondary N) is 2. The van der Waals surface area contributed by atoms with Gasteiger partial charge in [0, 0.05) is 16.6 Å². The summed E-state index contributed by atoms with van der Waals surface area (Å²) >= 11 is 3.37. The molecule has 4 nitrogen and oxygen atoms in total. The SMILES string of the molecule is O=C(CNCc1ccccc1O)Nc1ccccc1Br. The molecule has 0 fully saturated rings. The first-order valence-corrected chi connectivity index (χ1v) is 6.98. The molecule has 0 radical (unpaired) electrons. The summed E-state index contributed by atoms with van der Waals surface area (Å²) < 4.78 is 0.842. The van der Waals surface area contributed by atoms with Crippen molar-refractivity contribution in [2.24, 2.45) is 0 Å². The Kier molecular flexibility index (Phi) is 5.15. The number of amides is 1. The van der Waals surface area contributed by atoms with Crippen molar-refractivity contribution in [1.82, 2.24) is 5.32 Å². The van der Waals surface area contributed by atoms with Crippen LogP contribution in [0.5, 0.6) is 5.75 Å². The van der Waals surface area contributed by atoms with E-state index in [1.165, 1.54) is 0 Å². The minimum Gasteiger partial charge on any atom is -0.508 e. The zero-order valence-corrected chi connectivity index (χ0v) is 12.4. The van der Waals surface area contributed by atoms with Gasteiger partial charge in [0.2, 0.25) is 5.91 Å². The minimum absolute atomic E-state index is 0.132. The number of hydrogen-bond acceptors (Lipinski definition) is 3. The number of para-hydroxylation sites is 2. The lowest BCUT2D eigenvalue weighted by Gasteiger charge is -2.09. The number of phenolic OH excluding ortho intramolecular Hbond substituents is 1. The van der Waals surface area contributed by atoms with Gasteiger partial charge in [-0.15, -0.1) is 0 Å². The number of hydrogen-bond donors (Lipinski definition) is 3. The highest BCUT2D eigenvalue weighted by molar-refractivity contribution is 9.10. The molecule has 0 aliphatic heterocycles. The Morgan fingerprint density at radius 3 is 2.55 bits per heavy atom. The Hall–Kier alpha value is -1.85. The van der Waals surface area contributed by atoms with E-state index in [-0.39, 0.29) is 18.2 Å². The molecule has 5 heteroatoms. The largest absolute Gasteiger partial charge is 0.508 e. The van der Waals surface area contributed by atoms with E-state index in [1.54, 1.807) is 12.1 Å². The van der Waals surface area contributed by atoms with Gasteiger partial charge in [-0.1, -0.05) is 30.3 Å². The van der Waals surface area contributed by atoms with E-state index in [4.69, 9.17) is 0 Å². The lowest BCUT2D eigenvalue weighted by molar-refractivity contribution is -0.115. The first-order chi connectivity index (χ1) is 9.66. The van der Waals surface area contributed by atoms with Crippen molar-refractivity contribution in [2.75, 3.05) is 11.9 Å². The topological polar surface area (TPSA) is 61.4 Å². The van der Waals surface area contributed by atoms with Gasteiger partial charge in [0.1, 0.15) is 5.75 Å². The maximum Gasteiger partial charge on any atom is 0.238 e. The zero-order valence-electron chi connectivity index (χ0n) is 10.8. The molecule has 1 amide bonds. The van der Waals surface area contributed by atoms with Gasteiger partial charge in [0.25, 0.3) is 0 Å². The number of carbonyl (C=O) groups is 1. The summed E-state index contributed by atoms with van der Waals surface area (Å²) in [4.78, 5) is 11.8. The van der Waals surface area contributed by atoms with Crippen molar-refractivity contribution in [2.45, 2.75) is 6.54 Å². The van der Waals surface area contributed by atoms with Gasteiger partial charge in [-0.3, -0.25) is 4.79 Å². The molecule has 2 aromatic carbocycles. The molecule has 0 spiro atoms. The molecule has 0 saturated heterocycles. The van der Waals surface area contributed by atoms with E-state index in [0.29, 0.717) is 6.54 Å². The first kappa shape index (κ1) is 14.6. The lowest BCUT2D eigenvalue weighted by Crippen LogP contribution is -2.27. The van der Waals surface area contributed by atoms with Crippen molar-refractivity contribution in [3.05, 3.63) is 58.6 Å². The molecule has 0 aliphatic rings. The standard InChI is InChI=1S/C15H15BrN2O2/c16-12-6-2-3-7-13(12)18-15(20)10-17-9-11-5-1-4-8-14(11)19/h1-8,17,19H,9-10H2,(H,18,20). The van der Waals surface area contributed by atoms with Crippen LogP contribution in [0.1, 0.15) is 5.56 Å². The monoisotopic (exact) mass is 334 g/mol. The van der Waals surface area contributed by atoms with Crippen molar-refractivity contribution in [1.29, 1.82) is 0 Å². The molecule has 0 saturated carbocycles. The summed E-state index contributed by atoms with van der Waals surface area (Å²) in [6.45, 7) is 0.617. The van der Waals surface area contributed by atoms with Crippen LogP contribution >= 0.6 is 15.9 Å². The number of carbonyl (C=O) groups excluding carboxylic acids is 1. The molecule has 2 rings (SSSR count). The zero-order chi connectivity index (χ0) is 14.4. The number of benzene rings is 2. The Bertz CT molecular complexity index is 602. The summed E-state index contributed by atoms with van der Waals surface area (Å²) in [5.41, 5.74) is 1.50. The normalized spacial score (nSPS) is 10.2. The fraction of sp³-hybridized carbons (Fsp3) is 0.133. The smallest absolute Gasteiger partial charge is 0.238 e. The van der Waals surface area contributed by atoms with Crippen LogP contribution in [-0.4, -0.2) is 17.6 Å². The van der Waals surface area contributed by atoms with Gasteiger partial charge in [-0.25, -0.2) is 0 Å². The predicted octanol–water partition coefficient (Wildman–Crippen LogP) is 2.88. The van der Waals surface area contributed by atoms with Crippen LogP contribution in [0.15, 0.2) is 53.0 Å². The number of anilines is 1. The van der Waals surface area contributed by atoms with Gasteiger partial charge in [0.05, 0.1) is 12.2 Å². The molecular weight excluding hydrogens is 320 g/mol. The van der Waals surface area contributed by atoms with Crippen LogP contribution in [0.3, 0.4) is 0 Å². The van der Waals surface area contributed by atoms with E-state index in [1.807, 2.05) is 36.4 Å². The fourth-order valence-electron chi connectivity index (χ4n) is 1.73. The second-order valence-corrected chi connectivity index (χ2v) is 5.11. The Balaban J connectivity index is 1.82. The highest BCUT2D eigenvalue weighted by Crippen LogP contribution is 2.20. The lowest BCUT2D eigenvalue weighted by atomic mass is 10.2. The van der Waals surface area contributed by atoms with Gasteiger partial charge >= 0.3 is 0 Å². The molecule has 2 aromatic rings. The van der Waals surface area contributed by atoms with Crippen molar-refractivity contribution < 1.29 is 9.90 Å². The summed E-state index contributed by atoms with van der Waals surface area (Å²) in [5.74, 6) is 0.0959. The molecule has 0 aliphatic carbocycles. The number of rotatable bonds is 5. The van der Waals surface area contributed by atoms with Gasteiger partial charge in [0.15, 0.2) is 0 Å². The molecule has 104 valence electrons. The van der Waals surface area contributed by atoms with E-state index < -0.39 is 0 Å². The molecule has 0 atom stereocenters. The molecule has 0 bridgehead atoms. The van der Waals surface area contributed by atoms with Crippen LogP contribution < -0.4 is 10.6 Å². The number of aromatic hydroxyl groups is 1. The molecule has 0 aromatic heterocycles. The highest BCUT2D eigenvalue weighted by atomic mass is 79.9. The summed E-state index contributed by atoms with van der Waals surface area (Å²) in [6, 6.07) is 14.5. The Morgan fingerprint density at radius 1 is 1.10 bits per heavy atom. The third-order valence-corrected chi connectivity index (χ3v) is 3.43. The second-order valence-electron chi connectivity index (χ2n) is 4.26. The Morgan fingerprint density at radius 2 is 1.80 bits per heavy atom. The average Bonchev–Trinajstić information content (AvgIpc) is 2.43. The molecule has 0 heterocycles.